The van der Waals surface area contributed by atoms with Gasteiger partial charge in [-0.05, 0) is 34.9 Å². The first kappa shape index (κ1) is 19.4. The third-order valence-corrected chi connectivity index (χ3v) is 4.82. The summed E-state index contributed by atoms with van der Waals surface area (Å²) in [6.45, 7) is -0.342. The number of halogens is 1. The molecule has 30 heavy (non-hydrogen) atoms. The summed E-state index contributed by atoms with van der Waals surface area (Å²) in [5.41, 5.74) is 2.53. The summed E-state index contributed by atoms with van der Waals surface area (Å²) in [6.07, 6.45) is 0.926. The molecule has 8 heteroatoms. The second-order valence-electron chi connectivity index (χ2n) is 6.80. The SMILES string of the molecule is O=C(NC(CN1C(=O)COC1=O)c1ccccc1)c1cc(-c2ccc(F)cc2)c[nH]1. The maximum absolute atomic E-state index is 13.1. The molecular weight excluding hydrogens is 389 g/mol. The number of imide groups is 1. The highest BCUT2D eigenvalue weighted by molar-refractivity contribution is 5.98. The summed E-state index contributed by atoms with van der Waals surface area (Å²) >= 11 is 0. The Morgan fingerprint density at radius 3 is 2.50 bits per heavy atom. The summed E-state index contributed by atoms with van der Waals surface area (Å²) in [5.74, 6) is -1.20. The van der Waals surface area contributed by atoms with Crippen LogP contribution in [0.25, 0.3) is 11.1 Å². The zero-order valence-electron chi connectivity index (χ0n) is 15.8. The molecule has 7 nitrogen and oxygen atoms in total. The van der Waals surface area contributed by atoms with Gasteiger partial charge in [0.25, 0.3) is 11.8 Å². The first-order valence-corrected chi connectivity index (χ1v) is 9.28. The van der Waals surface area contributed by atoms with Crippen LogP contribution in [0.5, 0.6) is 0 Å². The van der Waals surface area contributed by atoms with E-state index < -0.39 is 23.9 Å². The largest absolute Gasteiger partial charge is 0.439 e. The molecule has 3 aromatic rings. The number of aromatic nitrogens is 1. The van der Waals surface area contributed by atoms with Crippen molar-refractivity contribution in [3.8, 4) is 11.1 Å². The zero-order chi connectivity index (χ0) is 21.1. The van der Waals surface area contributed by atoms with Crippen LogP contribution in [0, 0.1) is 5.82 Å². The monoisotopic (exact) mass is 407 g/mol. The highest BCUT2D eigenvalue weighted by Gasteiger charge is 2.34. The van der Waals surface area contributed by atoms with E-state index >= 15 is 0 Å². The van der Waals surface area contributed by atoms with E-state index in [1.807, 2.05) is 6.07 Å². The van der Waals surface area contributed by atoms with Gasteiger partial charge in [-0.3, -0.25) is 9.59 Å². The standard InChI is InChI=1S/C22H18FN3O4/c23-17-8-6-14(7-9-17)16-10-18(24-11-16)21(28)25-19(15-4-2-1-3-5-15)12-26-20(27)13-30-22(26)29/h1-11,19,24H,12-13H2,(H,25,28). The molecule has 0 radical (unpaired) electrons. The molecule has 0 spiro atoms. The number of nitrogens with zero attached hydrogens (tertiary/aromatic N) is 1. The van der Waals surface area contributed by atoms with E-state index in [0.29, 0.717) is 5.69 Å². The van der Waals surface area contributed by atoms with Gasteiger partial charge in [0.2, 0.25) is 0 Å². The highest BCUT2D eigenvalue weighted by atomic mass is 19.1. The van der Waals surface area contributed by atoms with Crippen molar-refractivity contribution in [3.05, 3.63) is 83.9 Å². The number of H-pyrrole nitrogens is 1. The number of hydrogen-bond acceptors (Lipinski definition) is 4. The molecule has 2 N–H and O–H groups in total. The molecule has 3 amide bonds. The third-order valence-electron chi connectivity index (χ3n) is 4.82. The van der Waals surface area contributed by atoms with E-state index in [2.05, 4.69) is 10.3 Å². The molecule has 4 rings (SSSR count). The third kappa shape index (κ3) is 4.07. The lowest BCUT2D eigenvalue weighted by atomic mass is 10.1. The van der Waals surface area contributed by atoms with Crippen molar-refractivity contribution in [3.63, 3.8) is 0 Å². The van der Waals surface area contributed by atoms with E-state index in [1.54, 1.807) is 48.7 Å². The van der Waals surface area contributed by atoms with Crippen LogP contribution in [-0.4, -0.2) is 40.9 Å². The fraction of sp³-hybridized carbons (Fsp3) is 0.136. The van der Waals surface area contributed by atoms with E-state index in [9.17, 15) is 18.8 Å². The Morgan fingerprint density at radius 2 is 1.83 bits per heavy atom. The van der Waals surface area contributed by atoms with Gasteiger partial charge in [0.05, 0.1) is 12.6 Å². The molecular formula is C22H18FN3O4. The predicted molar refractivity (Wildman–Crippen MR) is 106 cm³/mol. The van der Waals surface area contributed by atoms with Gasteiger partial charge in [-0.15, -0.1) is 0 Å². The normalized spacial score (nSPS) is 14.5. The van der Waals surface area contributed by atoms with Gasteiger partial charge in [0.1, 0.15) is 11.5 Å². The van der Waals surface area contributed by atoms with Crippen LogP contribution in [0.2, 0.25) is 0 Å². The molecule has 152 valence electrons. The summed E-state index contributed by atoms with van der Waals surface area (Å²) in [5, 5.41) is 2.86. The number of benzene rings is 2. The molecule has 1 fully saturated rings. The molecule has 1 unspecified atom stereocenters. The van der Waals surface area contributed by atoms with Crippen molar-refractivity contribution in [1.82, 2.24) is 15.2 Å². The second-order valence-corrected chi connectivity index (χ2v) is 6.80. The molecule has 2 heterocycles. The predicted octanol–water partition coefficient (Wildman–Crippen LogP) is 3.27. The highest BCUT2D eigenvalue weighted by Crippen LogP contribution is 2.22. The Labute approximate surface area is 171 Å². The molecule has 0 bridgehead atoms. The van der Waals surface area contributed by atoms with Crippen LogP contribution in [0.15, 0.2) is 66.9 Å². The lowest BCUT2D eigenvalue weighted by Crippen LogP contribution is -2.40. The molecule has 1 aliphatic rings. The Kier molecular flexibility index (Phi) is 5.30. The average molecular weight is 407 g/mol. The van der Waals surface area contributed by atoms with Crippen LogP contribution in [0.1, 0.15) is 22.1 Å². The molecule has 1 aliphatic heterocycles. The summed E-state index contributed by atoms with van der Waals surface area (Å²) < 4.78 is 17.9. The number of nitrogens with one attached hydrogen (secondary N) is 2. The molecule has 0 aliphatic carbocycles. The maximum Gasteiger partial charge on any atom is 0.417 e. The van der Waals surface area contributed by atoms with Crippen molar-refractivity contribution in [2.75, 3.05) is 13.2 Å². The summed E-state index contributed by atoms with van der Waals surface area (Å²) in [7, 11) is 0. The van der Waals surface area contributed by atoms with E-state index in [1.165, 1.54) is 12.1 Å². The molecule has 1 saturated heterocycles. The van der Waals surface area contributed by atoms with Crippen molar-refractivity contribution in [2.45, 2.75) is 6.04 Å². The van der Waals surface area contributed by atoms with Crippen molar-refractivity contribution >= 4 is 17.9 Å². The number of cyclic esters (lactones) is 1. The van der Waals surface area contributed by atoms with E-state index in [-0.39, 0.29) is 19.0 Å². The van der Waals surface area contributed by atoms with Crippen LogP contribution in [0.4, 0.5) is 9.18 Å². The first-order valence-electron chi connectivity index (χ1n) is 9.28. The second kappa shape index (κ2) is 8.20. The van der Waals surface area contributed by atoms with E-state index in [0.717, 1.165) is 21.6 Å². The van der Waals surface area contributed by atoms with Gasteiger partial charge < -0.3 is 15.0 Å². The molecule has 1 aromatic heterocycles. The number of aromatic amines is 1. The summed E-state index contributed by atoms with van der Waals surface area (Å²) in [4.78, 5) is 40.5. The van der Waals surface area contributed by atoms with Gasteiger partial charge >= 0.3 is 6.09 Å². The Bertz CT molecular complexity index is 1060. The molecule has 2 aromatic carbocycles. The lowest BCUT2D eigenvalue weighted by Gasteiger charge is -2.22. The number of carbonyl (C=O) groups excluding carboxylic acids is 3. The van der Waals surface area contributed by atoms with Gasteiger partial charge in [-0.2, -0.15) is 0 Å². The van der Waals surface area contributed by atoms with Gasteiger partial charge in [-0.25, -0.2) is 14.1 Å². The molecule has 0 saturated carbocycles. The fourth-order valence-corrected chi connectivity index (χ4v) is 3.23. The number of ether oxygens (including phenoxy) is 1. The maximum atomic E-state index is 13.1. The Balaban J connectivity index is 1.54. The first-order chi connectivity index (χ1) is 14.5. The van der Waals surface area contributed by atoms with Crippen molar-refractivity contribution in [1.29, 1.82) is 0 Å². The van der Waals surface area contributed by atoms with Gasteiger partial charge in [0.15, 0.2) is 6.61 Å². The van der Waals surface area contributed by atoms with Crippen molar-refractivity contribution in [2.24, 2.45) is 0 Å². The van der Waals surface area contributed by atoms with Crippen molar-refractivity contribution < 1.29 is 23.5 Å². The number of carbonyl (C=O) groups is 3. The fourth-order valence-electron chi connectivity index (χ4n) is 3.23. The Hall–Kier alpha value is -3.94. The smallest absolute Gasteiger partial charge is 0.417 e. The van der Waals surface area contributed by atoms with E-state index in [4.69, 9.17) is 4.74 Å². The quantitative estimate of drug-likeness (QED) is 0.656. The van der Waals surface area contributed by atoms with Gasteiger partial charge in [-0.1, -0.05) is 42.5 Å². The molecule has 1 atom stereocenters. The van der Waals surface area contributed by atoms with Crippen LogP contribution < -0.4 is 5.32 Å². The minimum atomic E-state index is -0.728. The van der Waals surface area contributed by atoms with Gasteiger partial charge in [0, 0.05) is 6.20 Å². The minimum absolute atomic E-state index is 0.0427. The topological polar surface area (TPSA) is 91.5 Å². The average Bonchev–Trinajstić information content (AvgIpc) is 3.37. The number of rotatable bonds is 6. The van der Waals surface area contributed by atoms with Crippen LogP contribution in [-0.2, 0) is 9.53 Å². The van der Waals surface area contributed by atoms with Crippen LogP contribution >= 0.6 is 0 Å². The summed E-state index contributed by atoms with van der Waals surface area (Å²) in [6, 6.07) is 16.0. The zero-order valence-corrected chi connectivity index (χ0v) is 15.8. The lowest BCUT2D eigenvalue weighted by molar-refractivity contribution is -0.126. The minimum Gasteiger partial charge on any atom is -0.439 e. The Morgan fingerprint density at radius 1 is 1.10 bits per heavy atom. The number of amides is 3. The number of hydrogen-bond donors (Lipinski definition) is 2. The van der Waals surface area contributed by atoms with Crippen LogP contribution in [0.3, 0.4) is 0 Å².